The maximum atomic E-state index is 13.4. The minimum Gasteiger partial charge on any atom is -0.433 e. The number of halogens is 3. The van der Waals surface area contributed by atoms with Crippen molar-refractivity contribution < 1.29 is 13.5 Å². The van der Waals surface area contributed by atoms with Crippen LogP contribution in [0.15, 0.2) is 24.4 Å². The SMILES string of the molecule is Cc1ccc(F)c(Oc2nc(Cl)ncc2F)c1. The van der Waals surface area contributed by atoms with Crippen LogP contribution in [0.5, 0.6) is 11.6 Å². The van der Waals surface area contributed by atoms with Crippen LogP contribution in [0, 0.1) is 18.6 Å². The Bertz CT molecular complexity index is 514. The van der Waals surface area contributed by atoms with Gasteiger partial charge in [0.2, 0.25) is 11.1 Å². The van der Waals surface area contributed by atoms with E-state index >= 15 is 0 Å². The lowest BCUT2D eigenvalue weighted by molar-refractivity contribution is 0.396. The van der Waals surface area contributed by atoms with Crippen LogP contribution in [0.2, 0.25) is 5.28 Å². The van der Waals surface area contributed by atoms with Crippen molar-refractivity contribution in [3.63, 3.8) is 0 Å². The number of benzene rings is 1. The molecule has 2 aromatic rings. The molecule has 0 saturated carbocycles. The molecule has 1 heterocycles. The van der Waals surface area contributed by atoms with Gasteiger partial charge in [-0.1, -0.05) is 6.07 Å². The molecule has 3 nitrogen and oxygen atoms in total. The molecule has 17 heavy (non-hydrogen) atoms. The van der Waals surface area contributed by atoms with Gasteiger partial charge in [0.25, 0.3) is 5.88 Å². The average Bonchev–Trinajstić information content (AvgIpc) is 2.28. The third-order valence-electron chi connectivity index (χ3n) is 1.98. The quantitative estimate of drug-likeness (QED) is 0.771. The largest absolute Gasteiger partial charge is 0.433 e. The van der Waals surface area contributed by atoms with Gasteiger partial charge in [-0.15, -0.1) is 0 Å². The molecule has 6 heteroatoms. The minimum absolute atomic E-state index is 0.112. The third-order valence-corrected chi connectivity index (χ3v) is 2.16. The number of hydrogen-bond donors (Lipinski definition) is 0. The minimum atomic E-state index is -0.810. The van der Waals surface area contributed by atoms with Crippen molar-refractivity contribution in [3.8, 4) is 11.6 Å². The summed E-state index contributed by atoms with van der Waals surface area (Å²) in [4.78, 5) is 6.96. The number of ether oxygens (including phenoxy) is 1. The van der Waals surface area contributed by atoms with Crippen LogP contribution in [-0.4, -0.2) is 9.97 Å². The van der Waals surface area contributed by atoms with Crippen LogP contribution < -0.4 is 4.74 Å². The molecule has 0 N–H and O–H groups in total. The molecule has 0 radical (unpaired) electrons. The van der Waals surface area contributed by atoms with Crippen LogP contribution in [0.25, 0.3) is 0 Å². The topological polar surface area (TPSA) is 35.0 Å². The molecule has 1 aromatic carbocycles. The van der Waals surface area contributed by atoms with Crippen molar-refractivity contribution >= 4 is 11.6 Å². The van der Waals surface area contributed by atoms with Crippen LogP contribution in [0.1, 0.15) is 5.56 Å². The zero-order chi connectivity index (χ0) is 12.4. The maximum Gasteiger partial charge on any atom is 0.260 e. The van der Waals surface area contributed by atoms with Gasteiger partial charge < -0.3 is 4.74 Å². The molecule has 0 bridgehead atoms. The zero-order valence-corrected chi connectivity index (χ0v) is 9.50. The second-order valence-corrected chi connectivity index (χ2v) is 3.67. The van der Waals surface area contributed by atoms with Crippen molar-refractivity contribution in [2.24, 2.45) is 0 Å². The summed E-state index contributed by atoms with van der Waals surface area (Å²) in [6.07, 6.45) is 0.859. The van der Waals surface area contributed by atoms with Crippen molar-refractivity contribution in [1.29, 1.82) is 0 Å². The second-order valence-electron chi connectivity index (χ2n) is 3.33. The molecule has 0 atom stereocenters. The Kier molecular flexibility index (Phi) is 3.19. The van der Waals surface area contributed by atoms with E-state index in [4.69, 9.17) is 16.3 Å². The molecule has 0 saturated heterocycles. The van der Waals surface area contributed by atoms with E-state index in [1.54, 1.807) is 13.0 Å². The van der Waals surface area contributed by atoms with Crippen LogP contribution >= 0.6 is 11.6 Å². The van der Waals surface area contributed by atoms with E-state index in [0.29, 0.717) is 0 Å². The number of nitrogens with zero attached hydrogens (tertiary/aromatic N) is 2. The molecule has 0 amide bonds. The number of aromatic nitrogens is 2. The van der Waals surface area contributed by atoms with Gasteiger partial charge in [0.1, 0.15) is 0 Å². The molecular formula is C11H7ClF2N2O. The highest BCUT2D eigenvalue weighted by atomic mass is 35.5. The Morgan fingerprint density at radius 1 is 1.24 bits per heavy atom. The smallest absolute Gasteiger partial charge is 0.260 e. The van der Waals surface area contributed by atoms with E-state index in [1.165, 1.54) is 12.1 Å². The van der Waals surface area contributed by atoms with Gasteiger partial charge in [-0.25, -0.2) is 9.37 Å². The van der Waals surface area contributed by atoms with E-state index in [0.717, 1.165) is 11.8 Å². The lowest BCUT2D eigenvalue weighted by Gasteiger charge is -2.07. The number of hydrogen-bond acceptors (Lipinski definition) is 3. The summed E-state index contributed by atoms with van der Waals surface area (Å²) in [6, 6.07) is 4.24. The molecule has 88 valence electrons. The highest BCUT2D eigenvalue weighted by Gasteiger charge is 2.11. The summed E-state index contributed by atoms with van der Waals surface area (Å²) in [5.74, 6) is -1.94. The lowest BCUT2D eigenvalue weighted by Crippen LogP contribution is -1.96. The molecule has 0 unspecified atom stereocenters. The molecule has 0 spiro atoms. The monoisotopic (exact) mass is 256 g/mol. The van der Waals surface area contributed by atoms with Gasteiger partial charge in [-0.3, -0.25) is 0 Å². The molecule has 2 rings (SSSR count). The molecule has 0 aliphatic carbocycles. The Balaban J connectivity index is 2.37. The van der Waals surface area contributed by atoms with Crippen molar-refractivity contribution in [1.82, 2.24) is 9.97 Å². The molecule has 0 aliphatic rings. The van der Waals surface area contributed by atoms with E-state index in [2.05, 4.69) is 9.97 Å². The highest BCUT2D eigenvalue weighted by Crippen LogP contribution is 2.26. The first-order chi connectivity index (χ1) is 8.06. The fourth-order valence-corrected chi connectivity index (χ4v) is 1.32. The first-order valence-electron chi connectivity index (χ1n) is 4.68. The van der Waals surface area contributed by atoms with E-state index < -0.39 is 17.5 Å². The summed E-state index contributed by atoms with van der Waals surface area (Å²) in [5, 5.41) is -0.172. The fraction of sp³-hybridized carbons (Fsp3) is 0.0909. The summed E-state index contributed by atoms with van der Waals surface area (Å²) in [6.45, 7) is 1.76. The summed E-state index contributed by atoms with van der Waals surface area (Å²) in [7, 11) is 0. The summed E-state index contributed by atoms with van der Waals surface area (Å²) >= 11 is 5.49. The van der Waals surface area contributed by atoms with Gasteiger partial charge in [-0.05, 0) is 36.2 Å². The molecule has 0 fully saturated rings. The maximum absolute atomic E-state index is 13.4. The van der Waals surface area contributed by atoms with Gasteiger partial charge in [0.05, 0.1) is 6.20 Å². The lowest BCUT2D eigenvalue weighted by atomic mass is 10.2. The average molecular weight is 257 g/mol. The summed E-state index contributed by atoms with van der Waals surface area (Å²) < 4.78 is 31.6. The van der Waals surface area contributed by atoms with Gasteiger partial charge >= 0.3 is 0 Å². The van der Waals surface area contributed by atoms with Gasteiger partial charge in [-0.2, -0.15) is 9.37 Å². The first kappa shape index (κ1) is 11.7. The molecule has 0 aliphatic heterocycles. The predicted octanol–water partition coefficient (Wildman–Crippen LogP) is 3.51. The fourth-order valence-electron chi connectivity index (χ4n) is 1.20. The Labute approximate surface area is 101 Å². The van der Waals surface area contributed by atoms with Crippen LogP contribution in [0.4, 0.5) is 8.78 Å². The first-order valence-corrected chi connectivity index (χ1v) is 5.06. The van der Waals surface area contributed by atoms with E-state index in [-0.39, 0.29) is 11.0 Å². The highest BCUT2D eigenvalue weighted by molar-refractivity contribution is 6.28. The van der Waals surface area contributed by atoms with Gasteiger partial charge in [0.15, 0.2) is 11.6 Å². The summed E-state index contributed by atoms with van der Waals surface area (Å²) in [5.41, 5.74) is 0.780. The zero-order valence-electron chi connectivity index (χ0n) is 8.75. The number of aryl methyl sites for hydroxylation is 1. The second kappa shape index (κ2) is 4.63. The standard InChI is InChI=1S/C11H7ClF2N2O/c1-6-2-3-7(13)9(4-6)17-10-8(14)5-15-11(12)16-10/h2-5H,1H3. The third kappa shape index (κ3) is 2.68. The van der Waals surface area contributed by atoms with Crippen LogP contribution in [0.3, 0.4) is 0 Å². The molecular weight excluding hydrogens is 250 g/mol. The Morgan fingerprint density at radius 2 is 2.00 bits per heavy atom. The van der Waals surface area contributed by atoms with Crippen molar-refractivity contribution in [2.75, 3.05) is 0 Å². The predicted molar refractivity (Wildman–Crippen MR) is 58.2 cm³/mol. The van der Waals surface area contributed by atoms with E-state index in [9.17, 15) is 8.78 Å². The van der Waals surface area contributed by atoms with E-state index in [1.807, 2.05) is 0 Å². The Morgan fingerprint density at radius 3 is 2.76 bits per heavy atom. The molecule has 1 aromatic heterocycles. The number of rotatable bonds is 2. The normalized spacial score (nSPS) is 10.4. The van der Waals surface area contributed by atoms with Crippen LogP contribution in [-0.2, 0) is 0 Å². The Hall–Kier alpha value is -1.75. The van der Waals surface area contributed by atoms with Gasteiger partial charge in [0, 0.05) is 0 Å². The van der Waals surface area contributed by atoms with Crippen molar-refractivity contribution in [3.05, 3.63) is 46.9 Å². The van der Waals surface area contributed by atoms with Crippen molar-refractivity contribution in [2.45, 2.75) is 6.92 Å².